The predicted molar refractivity (Wildman–Crippen MR) is 104 cm³/mol. The maximum absolute atomic E-state index is 12.7. The Bertz CT molecular complexity index is 793. The van der Waals surface area contributed by atoms with Crippen molar-refractivity contribution in [2.24, 2.45) is 0 Å². The lowest BCUT2D eigenvalue weighted by molar-refractivity contribution is -0.132. The molecule has 0 radical (unpaired) electrons. The topological polar surface area (TPSA) is 67.7 Å². The van der Waals surface area contributed by atoms with Crippen LogP contribution in [0.2, 0.25) is 0 Å². The Hall–Kier alpha value is -2.83. The van der Waals surface area contributed by atoms with Gasteiger partial charge in [-0.25, -0.2) is 0 Å². The van der Waals surface area contributed by atoms with E-state index in [4.69, 9.17) is 4.74 Å². The predicted octanol–water partition coefficient (Wildman–Crippen LogP) is 1.94. The second kappa shape index (κ2) is 8.46. The van der Waals surface area contributed by atoms with Gasteiger partial charge in [0.15, 0.2) is 0 Å². The van der Waals surface area contributed by atoms with E-state index in [0.717, 1.165) is 31.7 Å². The van der Waals surface area contributed by atoms with Crippen molar-refractivity contribution < 1.29 is 14.3 Å². The van der Waals surface area contributed by atoms with Crippen molar-refractivity contribution in [3.8, 4) is 5.75 Å². The lowest BCUT2D eigenvalue weighted by Crippen LogP contribution is -2.41. The number of benzene rings is 1. The fraction of sp³-hybridized carbons (Fsp3) is 0.476. The monoisotopic (exact) mass is 382 g/mol. The highest BCUT2D eigenvalue weighted by Crippen LogP contribution is 2.32. The smallest absolute Gasteiger partial charge is 0.225 e. The number of nitrogens with zero attached hydrogens (tertiary/aromatic N) is 4. The van der Waals surface area contributed by atoms with Crippen LogP contribution in [0.4, 0.5) is 0 Å². The number of carbonyl (C=O) groups is 2. The summed E-state index contributed by atoms with van der Waals surface area (Å²) in [6, 6.07) is 11.6. The van der Waals surface area contributed by atoms with Gasteiger partial charge in [-0.15, -0.1) is 0 Å². The quantitative estimate of drug-likeness (QED) is 0.700. The first-order valence-electron chi connectivity index (χ1n) is 9.96. The molecule has 2 aliphatic heterocycles. The van der Waals surface area contributed by atoms with E-state index in [2.05, 4.69) is 5.10 Å². The number of ether oxygens (including phenoxy) is 1. The Morgan fingerprint density at radius 3 is 2.79 bits per heavy atom. The van der Waals surface area contributed by atoms with Crippen LogP contribution in [0, 0.1) is 0 Å². The van der Waals surface area contributed by atoms with E-state index < -0.39 is 0 Å². The molecule has 2 aliphatic rings. The van der Waals surface area contributed by atoms with Gasteiger partial charge in [0, 0.05) is 38.3 Å². The fourth-order valence-electron chi connectivity index (χ4n) is 4.28. The first kappa shape index (κ1) is 18.5. The van der Waals surface area contributed by atoms with Crippen LogP contribution >= 0.6 is 0 Å². The summed E-state index contributed by atoms with van der Waals surface area (Å²) in [5.41, 5.74) is 0. The second-order valence-corrected chi connectivity index (χ2v) is 7.34. The summed E-state index contributed by atoms with van der Waals surface area (Å²) >= 11 is 0. The van der Waals surface area contributed by atoms with Crippen molar-refractivity contribution in [2.75, 3.05) is 19.7 Å². The zero-order valence-corrected chi connectivity index (χ0v) is 15.9. The second-order valence-electron chi connectivity index (χ2n) is 7.34. The molecule has 0 spiro atoms. The zero-order valence-electron chi connectivity index (χ0n) is 15.9. The van der Waals surface area contributed by atoms with Gasteiger partial charge in [0.25, 0.3) is 0 Å². The molecule has 2 fully saturated rings. The molecule has 28 heavy (non-hydrogen) atoms. The summed E-state index contributed by atoms with van der Waals surface area (Å²) in [4.78, 5) is 29.0. The summed E-state index contributed by atoms with van der Waals surface area (Å²) < 4.78 is 7.59. The highest BCUT2D eigenvalue weighted by atomic mass is 16.5. The third kappa shape index (κ3) is 4.03. The third-order valence-corrected chi connectivity index (χ3v) is 5.62. The van der Waals surface area contributed by atoms with Crippen LogP contribution in [0.15, 0.2) is 48.8 Å². The van der Waals surface area contributed by atoms with Crippen molar-refractivity contribution in [2.45, 2.75) is 44.3 Å². The molecule has 1 aromatic heterocycles. The number of amides is 2. The Balaban J connectivity index is 1.26. The van der Waals surface area contributed by atoms with Crippen LogP contribution in [0.5, 0.6) is 5.75 Å². The number of para-hydroxylation sites is 1. The molecule has 0 unspecified atom stereocenters. The third-order valence-electron chi connectivity index (χ3n) is 5.62. The molecule has 148 valence electrons. The number of rotatable bonds is 8. The van der Waals surface area contributed by atoms with Gasteiger partial charge in [0.2, 0.25) is 11.8 Å². The number of hydrogen-bond acceptors (Lipinski definition) is 4. The van der Waals surface area contributed by atoms with Gasteiger partial charge in [-0.2, -0.15) is 5.10 Å². The summed E-state index contributed by atoms with van der Waals surface area (Å²) in [7, 11) is 0. The van der Waals surface area contributed by atoms with Gasteiger partial charge < -0.3 is 14.5 Å². The fourth-order valence-corrected chi connectivity index (χ4v) is 4.28. The number of aryl methyl sites for hydroxylation is 1. The average molecular weight is 382 g/mol. The molecule has 4 rings (SSSR count). The molecule has 0 aliphatic carbocycles. The van der Waals surface area contributed by atoms with E-state index in [1.165, 1.54) is 0 Å². The largest absolute Gasteiger partial charge is 0.492 e. The van der Waals surface area contributed by atoms with Crippen LogP contribution in [0.3, 0.4) is 0 Å². The van der Waals surface area contributed by atoms with Crippen LogP contribution in [0.25, 0.3) is 0 Å². The summed E-state index contributed by atoms with van der Waals surface area (Å²) in [6.45, 7) is 2.51. The van der Waals surface area contributed by atoms with E-state index in [0.29, 0.717) is 26.0 Å². The van der Waals surface area contributed by atoms with E-state index in [9.17, 15) is 9.59 Å². The zero-order chi connectivity index (χ0) is 19.3. The molecule has 0 saturated carbocycles. The number of likely N-dealkylation sites (tertiary alicyclic amines) is 2. The Morgan fingerprint density at radius 2 is 2.00 bits per heavy atom. The molecular formula is C21H26N4O3. The van der Waals surface area contributed by atoms with Crippen molar-refractivity contribution in [1.82, 2.24) is 19.6 Å². The molecule has 2 saturated heterocycles. The Morgan fingerprint density at radius 1 is 1.14 bits per heavy atom. The summed E-state index contributed by atoms with van der Waals surface area (Å²) in [6.07, 6.45) is 6.19. The van der Waals surface area contributed by atoms with Crippen molar-refractivity contribution in [3.05, 3.63) is 48.8 Å². The Labute approximate surface area is 164 Å². The van der Waals surface area contributed by atoms with Crippen LogP contribution < -0.4 is 4.74 Å². The van der Waals surface area contributed by atoms with Gasteiger partial charge >= 0.3 is 0 Å². The molecule has 0 bridgehead atoms. The van der Waals surface area contributed by atoms with Gasteiger partial charge in [0.1, 0.15) is 12.4 Å². The lowest BCUT2D eigenvalue weighted by Gasteiger charge is -2.25. The maximum Gasteiger partial charge on any atom is 0.225 e. The minimum Gasteiger partial charge on any atom is -0.492 e. The summed E-state index contributed by atoms with van der Waals surface area (Å²) in [5.74, 6) is 1.08. The summed E-state index contributed by atoms with van der Waals surface area (Å²) in [5, 5.41) is 4.16. The SMILES string of the molecule is O=C1C[C@H]2[C@H](CCN2C(=O)CCCn2cccn2)N1CCOc1ccccc1. The minimum atomic E-state index is 0.0152. The molecule has 7 nitrogen and oxygen atoms in total. The molecule has 3 heterocycles. The van der Waals surface area contributed by atoms with Crippen molar-refractivity contribution >= 4 is 11.8 Å². The first-order valence-corrected chi connectivity index (χ1v) is 9.96. The van der Waals surface area contributed by atoms with E-state index in [1.54, 1.807) is 6.20 Å². The molecule has 2 atom stereocenters. The van der Waals surface area contributed by atoms with E-state index >= 15 is 0 Å². The standard InChI is InChI=1S/C21H26N4O3/c26-20(8-4-11-23-12-5-10-22-23)24-13-9-18-19(24)16-21(27)25(18)14-15-28-17-6-2-1-3-7-17/h1-3,5-7,10,12,18-19H,4,8-9,11,13-16H2/t18-,19-/m0/s1. The van der Waals surface area contributed by atoms with Crippen LogP contribution in [0.1, 0.15) is 25.7 Å². The van der Waals surface area contributed by atoms with E-state index in [1.807, 2.05) is 57.1 Å². The number of fused-ring (bicyclic) bond motifs is 1. The van der Waals surface area contributed by atoms with Gasteiger partial charge in [-0.05, 0) is 31.0 Å². The molecule has 1 aromatic carbocycles. The number of aromatic nitrogens is 2. The van der Waals surface area contributed by atoms with Gasteiger partial charge in [-0.1, -0.05) is 18.2 Å². The van der Waals surface area contributed by atoms with Crippen molar-refractivity contribution in [3.63, 3.8) is 0 Å². The first-order chi connectivity index (χ1) is 13.7. The normalized spacial score (nSPS) is 21.2. The highest BCUT2D eigenvalue weighted by Gasteiger charge is 2.47. The average Bonchev–Trinajstić information content (AvgIpc) is 3.41. The van der Waals surface area contributed by atoms with Crippen molar-refractivity contribution in [1.29, 1.82) is 0 Å². The molecular weight excluding hydrogens is 356 g/mol. The van der Waals surface area contributed by atoms with Gasteiger partial charge in [0.05, 0.1) is 18.6 Å². The molecule has 0 N–H and O–H groups in total. The van der Waals surface area contributed by atoms with E-state index in [-0.39, 0.29) is 23.9 Å². The molecule has 2 amide bonds. The molecule has 7 heteroatoms. The number of carbonyl (C=O) groups excluding carboxylic acids is 2. The number of hydrogen-bond donors (Lipinski definition) is 0. The highest BCUT2D eigenvalue weighted by molar-refractivity contribution is 5.83. The lowest BCUT2D eigenvalue weighted by atomic mass is 10.1. The van der Waals surface area contributed by atoms with Gasteiger partial charge in [-0.3, -0.25) is 14.3 Å². The molecule has 2 aromatic rings. The van der Waals surface area contributed by atoms with Crippen LogP contribution in [-0.4, -0.2) is 63.2 Å². The maximum atomic E-state index is 12.7. The Kier molecular flexibility index (Phi) is 5.60. The minimum absolute atomic E-state index is 0.0152. The van der Waals surface area contributed by atoms with Crippen LogP contribution in [-0.2, 0) is 16.1 Å².